The van der Waals surface area contributed by atoms with Crippen molar-refractivity contribution in [2.45, 2.75) is 19.8 Å². The lowest BCUT2D eigenvalue weighted by Gasteiger charge is -2.15. The van der Waals surface area contributed by atoms with Crippen LogP contribution in [-0.2, 0) is 9.59 Å². The quantitative estimate of drug-likeness (QED) is 0.829. The lowest BCUT2D eigenvalue weighted by atomic mass is 9.95. The van der Waals surface area contributed by atoms with Crippen molar-refractivity contribution in [3.05, 3.63) is 11.1 Å². The fourth-order valence-corrected chi connectivity index (χ4v) is 2.31. The Kier molecular flexibility index (Phi) is 4.53. The lowest BCUT2D eigenvalue weighted by molar-refractivity contribution is -0.146. The Morgan fingerprint density at radius 2 is 2.00 bits per heavy atom. The zero-order valence-corrected chi connectivity index (χ0v) is 10.8. The van der Waals surface area contributed by atoms with Crippen molar-refractivity contribution in [2.24, 2.45) is 17.8 Å². The number of amides is 1. The van der Waals surface area contributed by atoms with Crippen molar-refractivity contribution >= 4 is 27.8 Å². The van der Waals surface area contributed by atoms with Crippen LogP contribution in [0.5, 0.6) is 0 Å². The zero-order chi connectivity index (χ0) is 12.3. The maximum Gasteiger partial charge on any atom is 0.307 e. The van der Waals surface area contributed by atoms with E-state index in [9.17, 15) is 9.59 Å². The number of carbonyl (C=O) groups is 2. The highest BCUT2D eigenvalue weighted by atomic mass is 79.9. The molecule has 1 saturated carbocycles. The highest BCUT2D eigenvalue weighted by Crippen LogP contribution is 2.36. The summed E-state index contributed by atoms with van der Waals surface area (Å²) in [5.41, 5.74) is 0. The van der Waals surface area contributed by atoms with Crippen LogP contribution >= 0.6 is 15.9 Å². The van der Waals surface area contributed by atoms with E-state index < -0.39 is 17.8 Å². The first-order valence-corrected chi connectivity index (χ1v) is 6.05. The molecule has 1 fully saturated rings. The first-order valence-electron chi connectivity index (χ1n) is 5.25. The van der Waals surface area contributed by atoms with Crippen molar-refractivity contribution in [3.8, 4) is 0 Å². The molecule has 0 spiro atoms. The van der Waals surface area contributed by atoms with Crippen LogP contribution in [0.4, 0.5) is 0 Å². The summed E-state index contributed by atoms with van der Waals surface area (Å²) in [7, 11) is 0. The summed E-state index contributed by atoms with van der Waals surface area (Å²) in [5, 5.41) is 11.7. The molecule has 0 aliphatic heterocycles. The van der Waals surface area contributed by atoms with E-state index in [4.69, 9.17) is 5.11 Å². The fourth-order valence-electron chi connectivity index (χ4n) is 2.17. The van der Waals surface area contributed by atoms with E-state index in [1.54, 1.807) is 0 Å². The minimum absolute atomic E-state index is 0.183. The van der Waals surface area contributed by atoms with Crippen LogP contribution in [0.3, 0.4) is 0 Å². The topological polar surface area (TPSA) is 66.4 Å². The standard InChI is InChI=1S/C11H16BrNO3/c1-6-3-8(9(4-6)11(15)16)10(14)13-5-7(2)12/h6,8-9H,2-5H2,1H3,(H,13,14)(H,15,16). The molecule has 0 heterocycles. The summed E-state index contributed by atoms with van der Waals surface area (Å²) in [6.45, 7) is 5.93. The minimum Gasteiger partial charge on any atom is -0.481 e. The predicted octanol–water partition coefficient (Wildman–Crippen LogP) is 1.76. The second-order valence-corrected chi connectivity index (χ2v) is 5.48. The van der Waals surface area contributed by atoms with Crippen molar-refractivity contribution < 1.29 is 14.7 Å². The second-order valence-electron chi connectivity index (χ2n) is 4.36. The van der Waals surface area contributed by atoms with Gasteiger partial charge in [0, 0.05) is 11.0 Å². The largest absolute Gasteiger partial charge is 0.481 e. The number of hydrogen-bond acceptors (Lipinski definition) is 2. The van der Waals surface area contributed by atoms with Crippen molar-refractivity contribution in [1.29, 1.82) is 0 Å². The normalized spacial score (nSPS) is 28.8. The molecule has 3 unspecified atom stereocenters. The molecule has 5 heteroatoms. The number of hydrogen-bond donors (Lipinski definition) is 2. The van der Waals surface area contributed by atoms with Crippen LogP contribution in [0.1, 0.15) is 19.8 Å². The van der Waals surface area contributed by atoms with E-state index in [2.05, 4.69) is 27.8 Å². The summed E-state index contributed by atoms with van der Waals surface area (Å²) in [6, 6.07) is 0. The summed E-state index contributed by atoms with van der Waals surface area (Å²) >= 11 is 3.14. The van der Waals surface area contributed by atoms with Gasteiger partial charge in [0.25, 0.3) is 0 Å². The van der Waals surface area contributed by atoms with Gasteiger partial charge in [0.05, 0.1) is 11.8 Å². The third kappa shape index (κ3) is 3.33. The molecular weight excluding hydrogens is 274 g/mol. The lowest BCUT2D eigenvalue weighted by Crippen LogP contribution is -2.35. The average Bonchev–Trinajstić information content (AvgIpc) is 2.56. The Morgan fingerprint density at radius 1 is 1.44 bits per heavy atom. The van der Waals surface area contributed by atoms with E-state index in [1.165, 1.54) is 0 Å². The summed E-state index contributed by atoms with van der Waals surface area (Å²) in [4.78, 5) is 22.8. The van der Waals surface area contributed by atoms with Crippen LogP contribution in [0, 0.1) is 17.8 Å². The van der Waals surface area contributed by atoms with Crippen LogP contribution in [0.25, 0.3) is 0 Å². The molecule has 1 rings (SSSR count). The van der Waals surface area contributed by atoms with Gasteiger partial charge in [-0.2, -0.15) is 0 Å². The number of rotatable bonds is 4. The second kappa shape index (κ2) is 5.48. The van der Waals surface area contributed by atoms with Gasteiger partial charge in [0.1, 0.15) is 0 Å². The molecule has 0 aromatic carbocycles. The first kappa shape index (κ1) is 13.2. The molecule has 0 radical (unpaired) electrons. The average molecular weight is 290 g/mol. The molecule has 0 saturated heterocycles. The summed E-state index contributed by atoms with van der Waals surface area (Å²) in [6.07, 6.45) is 1.24. The monoisotopic (exact) mass is 289 g/mol. The van der Waals surface area contributed by atoms with E-state index in [-0.39, 0.29) is 5.91 Å². The number of nitrogens with one attached hydrogen (secondary N) is 1. The summed E-state index contributed by atoms with van der Waals surface area (Å²) < 4.78 is 0.679. The predicted molar refractivity (Wildman–Crippen MR) is 64.1 cm³/mol. The molecular formula is C11H16BrNO3. The van der Waals surface area contributed by atoms with Crippen molar-refractivity contribution in [1.82, 2.24) is 5.32 Å². The van der Waals surface area contributed by atoms with Gasteiger partial charge in [-0.05, 0) is 18.8 Å². The first-order chi connectivity index (χ1) is 7.41. The van der Waals surface area contributed by atoms with Gasteiger partial charge in [0.15, 0.2) is 0 Å². The van der Waals surface area contributed by atoms with Gasteiger partial charge in [0.2, 0.25) is 5.91 Å². The third-order valence-electron chi connectivity index (χ3n) is 2.91. The Hall–Kier alpha value is -0.840. The van der Waals surface area contributed by atoms with Gasteiger partial charge >= 0.3 is 5.97 Å². The SMILES string of the molecule is C=C(Br)CNC(=O)C1CC(C)CC1C(=O)O. The molecule has 3 atom stereocenters. The molecule has 0 bridgehead atoms. The van der Waals surface area contributed by atoms with Gasteiger partial charge in [-0.3, -0.25) is 9.59 Å². The van der Waals surface area contributed by atoms with Crippen LogP contribution in [0.2, 0.25) is 0 Å². The molecule has 4 nitrogen and oxygen atoms in total. The molecule has 16 heavy (non-hydrogen) atoms. The molecule has 90 valence electrons. The number of aliphatic carboxylic acids is 1. The van der Waals surface area contributed by atoms with Gasteiger partial charge in [-0.25, -0.2) is 0 Å². The van der Waals surface area contributed by atoms with Gasteiger partial charge < -0.3 is 10.4 Å². The molecule has 2 N–H and O–H groups in total. The Labute approximate surface area is 103 Å². The van der Waals surface area contributed by atoms with Gasteiger partial charge in [-0.15, -0.1) is 0 Å². The zero-order valence-electron chi connectivity index (χ0n) is 9.20. The van der Waals surface area contributed by atoms with Crippen LogP contribution < -0.4 is 5.32 Å². The van der Waals surface area contributed by atoms with Crippen molar-refractivity contribution in [2.75, 3.05) is 6.54 Å². The smallest absolute Gasteiger partial charge is 0.307 e. The highest BCUT2D eigenvalue weighted by molar-refractivity contribution is 9.11. The molecule has 1 aliphatic carbocycles. The Balaban J connectivity index is 2.59. The maximum atomic E-state index is 11.8. The number of halogens is 1. The van der Waals surface area contributed by atoms with Crippen LogP contribution in [0.15, 0.2) is 11.1 Å². The minimum atomic E-state index is -0.873. The van der Waals surface area contributed by atoms with Crippen LogP contribution in [-0.4, -0.2) is 23.5 Å². The number of carbonyl (C=O) groups excluding carboxylic acids is 1. The molecule has 1 aliphatic rings. The van der Waals surface area contributed by atoms with E-state index in [0.29, 0.717) is 29.8 Å². The third-order valence-corrected chi connectivity index (χ3v) is 3.19. The number of carboxylic acid groups (broad SMARTS) is 1. The Bertz CT molecular complexity index is 316. The van der Waals surface area contributed by atoms with Gasteiger partial charge in [-0.1, -0.05) is 29.4 Å². The molecule has 0 aromatic rings. The van der Waals surface area contributed by atoms with E-state index >= 15 is 0 Å². The van der Waals surface area contributed by atoms with Crippen molar-refractivity contribution in [3.63, 3.8) is 0 Å². The van der Waals surface area contributed by atoms with E-state index in [1.807, 2.05) is 6.92 Å². The van der Waals surface area contributed by atoms with E-state index in [0.717, 1.165) is 0 Å². The molecule has 0 aromatic heterocycles. The fraction of sp³-hybridized carbons (Fsp3) is 0.636. The highest BCUT2D eigenvalue weighted by Gasteiger charge is 2.40. The molecule has 1 amide bonds. The number of carboxylic acids is 1. The summed E-state index contributed by atoms with van der Waals surface area (Å²) in [5.74, 6) is -1.71. The maximum absolute atomic E-state index is 11.8. The Morgan fingerprint density at radius 3 is 2.50 bits per heavy atom.